The summed E-state index contributed by atoms with van der Waals surface area (Å²) < 4.78 is 5.42. The lowest BCUT2D eigenvalue weighted by atomic mass is 9.97. The van der Waals surface area contributed by atoms with E-state index >= 15 is 0 Å². The van der Waals surface area contributed by atoms with Gasteiger partial charge in [0.2, 0.25) is 5.91 Å². The first-order chi connectivity index (χ1) is 12.1. The molecule has 2 aromatic rings. The van der Waals surface area contributed by atoms with Crippen molar-refractivity contribution in [3.8, 4) is 0 Å². The summed E-state index contributed by atoms with van der Waals surface area (Å²) in [5.74, 6) is 1.39. The molecule has 134 valence electrons. The summed E-state index contributed by atoms with van der Waals surface area (Å²) in [5, 5.41) is 10.8. The van der Waals surface area contributed by atoms with Gasteiger partial charge in [0.1, 0.15) is 0 Å². The number of aromatic nitrogens is 2. The minimum Gasteiger partial charge on any atom is -0.381 e. The smallest absolute Gasteiger partial charge is 0.231 e. The lowest BCUT2D eigenvalue weighted by Gasteiger charge is -2.29. The van der Waals surface area contributed by atoms with E-state index in [9.17, 15) is 4.79 Å². The fourth-order valence-electron chi connectivity index (χ4n) is 3.30. The van der Waals surface area contributed by atoms with Crippen LogP contribution in [0.3, 0.4) is 0 Å². The maximum absolute atomic E-state index is 13.2. The molecule has 0 radical (unpaired) electrons. The first-order valence-electron chi connectivity index (χ1n) is 9.19. The Kier molecular flexibility index (Phi) is 5.63. The van der Waals surface area contributed by atoms with Crippen molar-refractivity contribution in [1.82, 2.24) is 10.2 Å². The van der Waals surface area contributed by atoms with Crippen LogP contribution in [0.1, 0.15) is 38.8 Å². The van der Waals surface area contributed by atoms with E-state index in [1.807, 2.05) is 36.1 Å². The molecule has 0 aliphatic carbocycles. The van der Waals surface area contributed by atoms with Gasteiger partial charge < -0.3 is 4.74 Å². The van der Waals surface area contributed by atoms with Gasteiger partial charge >= 0.3 is 0 Å². The number of amides is 1. The Bertz CT molecular complexity index is 739. The SMILES string of the molecule is Cc1nnc(N(CCC(C)C)C(=O)C2CCOCC2)c2ccccc12. The summed E-state index contributed by atoms with van der Waals surface area (Å²) in [4.78, 5) is 15.1. The molecule has 1 aromatic carbocycles. The highest BCUT2D eigenvalue weighted by Gasteiger charge is 2.29. The standard InChI is InChI=1S/C20H27N3O2/c1-14(2)8-11-23(20(24)16-9-12-25-13-10-16)19-18-7-5-4-6-17(18)15(3)21-22-19/h4-7,14,16H,8-13H2,1-3H3. The van der Waals surface area contributed by atoms with Crippen LogP contribution in [0, 0.1) is 18.8 Å². The second-order valence-corrected chi connectivity index (χ2v) is 7.21. The maximum atomic E-state index is 13.2. The van der Waals surface area contributed by atoms with E-state index in [0.717, 1.165) is 35.7 Å². The molecule has 2 heterocycles. The summed E-state index contributed by atoms with van der Waals surface area (Å²) in [6.45, 7) is 8.31. The van der Waals surface area contributed by atoms with Crippen molar-refractivity contribution in [2.45, 2.75) is 40.0 Å². The molecule has 1 aliphatic rings. The number of carbonyl (C=O) groups is 1. The molecule has 25 heavy (non-hydrogen) atoms. The van der Waals surface area contributed by atoms with Crippen molar-refractivity contribution < 1.29 is 9.53 Å². The quantitative estimate of drug-likeness (QED) is 0.831. The van der Waals surface area contributed by atoms with E-state index in [4.69, 9.17) is 4.74 Å². The van der Waals surface area contributed by atoms with Crippen LogP contribution in [0.15, 0.2) is 24.3 Å². The van der Waals surface area contributed by atoms with E-state index in [2.05, 4.69) is 24.0 Å². The fourth-order valence-corrected chi connectivity index (χ4v) is 3.30. The predicted molar refractivity (Wildman–Crippen MR) is 99.6 cm³/mol. The Hall–Kier alpha value is -2.01. The molecule has 0 spiro atoms. The number of hydrogen-bond donors (Lipinski definition) is 0. The lowest BCUT2D eigenvalue weighted by molar-refractivity contribution is -0.125. The molecule has 1 amide bonds. The molecule has 0 unspecified atom stereocenters. The Morgan fingerprint density at radius 1 is 1.20 bits per heavy atom. The number of rotatable bonds is 5. The van der Waals surface area contributed by atoms with Crippen LogP contribution in [-0.2, 0) is 9.53 Å². The van der Waals surface area contributed by atoms with E-state index in [1.165, 1.54) is 0 Å². The third-order valence-electron chi connectivity index (χ3n) is 4.87. The third kappa shape index (κ3) is 3.98. The van der Waals surface area contributed by atoms with E-state index in [1.54, 1.807) is 0 Å². The summed E-state index contributed by atoms with van der Waals surface area (Å²) in [6, 6.07) is 8.07. The Morgan fingerprint density at radius 2 is 1.88 bits per heavy atom. The third-order valence-corrected chi connectivity index (χ3v) is 4.87. The van der Waals surface area contributed by atoms with E-state index in [0.29, 0.717) is 31.5 Å². The average molecular weight is 341 g/mol. The zero-order valence-electron chi connectivity index (χ0n) is 15.4. The first kappa shape index (κ1) is 17.8. The maximum Gasteiger partial charge on any atom is 0.231 e. The monoisotopic (exact) mass is 341 g/mol. The molecule has 5 nitrogen and oxygen atoms in total. The Balaban J connectivity index is 1.99. The molecular weight excluding hydrogens is 314 g/mol. The van der Waals surface area contributed by atoms with Gasteiger partial charge in [0.25, 0.3) is 0 Å². The molecule has 1 aromatic heterocycles. The summed E-state index contributed by atoms with van der Waals surface area (Å²) >= 11 is 0. The van der Waals surface area contributed by atoms with Gasteiger partial charge in [0.05, 0.1) is 5.69 Å². The molecule has 1 aliphatic heterocycles. The van der Waals surface area contributed by atoms with Gasteiger partial charge in [-0.1, -0.05) is 38.1 Å². The summed E-state index contributed by atoms with van der Waals surface area (Å²) in [5.41, 5.74) is 0.890. The second-order valence-electron chi connectivity index (χ2n) is 7.21. The van der Waals surface area contributed by atoms with Gasteiger partial charge in [0.15, 0.2) is 5.82 Å². The van der Waals surface area contributed by atoms with E-state index < -0.39 is 0 Å². The molecule has 0 saturated carbocycles. The zero-order valence-corrected chi connectivity index (χ0v) is 15.4. The van der Waals surface area contributed by atoms with Gasteiger partial charge in [-0.25, -0.2) is 0 Å². The van der Waals surface area contributed by atoms with Gasteiger partial charge in [0, 0.05) is 36.4 Å². The van der Waals surface area contributed by atoms with Gasteiger partial charge in [-0.15, -0.1) is 5.10 Å². The highest BCUT2D eigenvalue weighted by molar-refractivity contribution is 6.03. The molecular formula is C20H27N3O2. The number of benzene rings is 1. The second kappa shape index (κ2) is 7.91. The number of fused-ring (bicyclic) bond motifs is 1. The topological polar surface area (TPSA) is 55.3 Å². The minimum absolute atomic E-state index is 0.0165. The van der Waals surface area contributed by atoms with Crippen molar-refractivity contribution in [1.29, 1.82) is 0 Å². The average Bonchev–Trinajstić information content (AvgIpc) is 2.64. The summed E-state index contributed by atoms with van der Waals surface area (Å²) in [6.07, 6.45) is 2.52. The van der Waals surface area contributed by atoms with Crippen molar-refractivity contribution in [3.63, 3.8) is 0 Å². The number of aryl methyl sites for hydroxylation is 1. The van der Waals surface area contributed by atoms with Crippen LogP contribution in [0.2, 0.25) is 0 Å². The van der Waals surface area contributed by atoms with Gasteiger partial charge in [-0.2, -0.15) is 5.10 Å². The van der Waals surface area contributed by atoms with Crippen molar-refractivity contribution >= 4 is 22.5 Å². The first-order valence-corrected chi connectivity index (χ1v) is 9.19. The molecule has 1 saturated heterocycles. The predicted octanol–water partition coefficient (Wildman–Crippen LogP) is 3.74. The molecule has 5 heteroatoms. The number of carbonyl (C=O) groups excluding carboxylic acids is 1. The van der Waals surface area contributed by atoms with Crippen LogP contribution >= 0.6 is 0 Å². The van der Waals surface area contributed by atoms with Gasteiger partial charge in [-0.3, -0.25) is 9.69 Å². The van der Waals surface area contributed by atoms with Crippen molar-refractivity contribution in [2.75, 3.05) is 24.7 Å². The lowest BCUT2D eigenvalue weighted by Crippen LogP contribution is -2.40. The molecule has 0 bridgehead atoms. The van der Waals surface area contributed by atoms with Gasteiger partial charge in [-0.05, 0) is 32.1 Å². The van der Waals surface area contributed by atoms with Crippen LogP contribution in [-0.4, -0.2) is 35.9 Å². The fraction of sp³-hybridized carbons (Fsp3) is 0.550. The number of hydrogen-bond acceptors (Lipinski definition) is 4. The van der Waals surface area contributed by atoms with E-state index in [-0.39, 0.29) is 11.8 Å². The van der Waals surface area contributed by atoms with Crippen LogP contribution in [0.4, 0.5) is 5.82 Å². The summed E-state index contributed by atoms with van der Waals surface area (Å²) in [7, 11) is 0. The van der Waals surface area contributed by atoms with Crippen molar-refractivity contribution in [2.24, 2.45) is 11.8 Å². The number of anilines is 1. The van der Waals surface area contributed by atoms with Crippen LogP contribution in [0.5, 0.6) is 0 Å². The van der Waals surface area contributed by atoms with Crippen molar-refractivity contribution in [3.05, 3.63) is 30.0 Å². The highest BCUT2D eigenvalue weighted by Crippen LogP contribution is 2.29. The normalized spacial score (nSPS) is 15.7. The molecule has 1 fully saturated rings. The molecule has 0 N–H and O–H groups in total. The highest BCUT2D eigenvalue weighted by atomic mass is 16.5. The van der Waals surface area contributed by atoms with Crippen LogP contribution in [0.25, 0.3) is 10.8 Å². The number of nitrogens with zero attached hydrogens (tertiary/aromatic N) is 3. The number of ether oxygens (including phenoxy) is 1. The Labute approximate surface area is 149 Å². The minimum atomic E-state index is 0.0165. The Morgan fingerprint density at radius 3 is 2.56 bits per heavy atom. The molecule has 3 rings (SSSR count). The zero-order chi connectivity index (χ0) is 17.8. The largest absolute Gasteiger partial charge is 0.381 e. The molecule has 0 atom stereocenters. The van der Waals surface area contributed by atoms with Crippen LogP contribution < -0.4 is 4.90 Å².